The van der Waals surface area contributed by atoms with Crippen molar-refractivity contribution < 1.29 is 27.9 Å². The van der Waals surface area contributed by atoms with Crippen LogP contribution < -0.4 is 5.32 Å². The zero-order valence-electron chi connectivity index (χ0n) is 12.4. The summed E-state index contributed by atoms with van der Waals surface area (Å²) in [5.41, 5.74) is 0.924. The standard InChI is InChI=1S/C17H14F3NO3/c18-17(19,20)14(10-22)16(24)21-13-8-6-12(7-9-13)15(23)11-4-2-1-3-5-11/h1-9,14,22H,10H2,(H,21,24). The third kappa shape index (κ3) is 4.20. The second-order valence-corrected chi connectivity index (χ2v) is 5.04. The molecular weight excluding hydrogens is 323 g/mol. The van der Waals surface area contributed by atoms with E-state index in [1.807, 2.05) is 0 Å². The van der Waals surface area contributed by atoms with E-state index >= 15 is 0 Å². The van der Waals surface area contributed by atoms with Gasteiger partial charge in [0.25, 0.3) is 0 Å². The number of nitrogens with one attached hydrogen (secondary N) is 1. The highest BCUT2D eigenvalue weighted by molar-refractivity contribution is 6.09. The molecule has 0 saturated carbocycles. The van der Waals surface area contributed by atoms with Gasteiger partial charge in [-0.3, -0.25) is 9.59 Å². The number of amides is 1. The molecule has 0 saturated heterocycles. The van der Waals surface area contributed by atoms with Crippen molar-refractivity contribution >= 4 is 17.4 Å². The molecule has 4 nitrogen and oxygen atoms in total. The van der Waals surface area contributed by atoms with Gasteiger partial charge in [0.15, 0.2) is 11.7 Å². The molecule has 2 rings (SSSR count). The van der Waals surface area contributed by atoms with Crippen molar-refractivity contribution in [3.63, 3.8) is 0 Å². The second kappa shape index (κ2) is 7.27. The summed E-state index contributed by atoms with van der Waals surface area (Å²) in [5, 5.41) is 10.8. The number of hydrogen-bond acceptors (Lipinski definition) is 3. The molecule has 126 valence electrons. The second-order valence-electron chi connectivity index (χ2n) is 5.04. The highest BCUT2D eigenvalue weighted by atomic mass is 19.4. The van der Waals surface area contributed by atoms with Crippen LogP contribution in [0.4, 0.5) is 18.9 Å². The molecule has 1 amide bonds. The topological polar surface area (TPSA) is 66.4 Å². The van der Waals surface area contributed by atoms with Crippen molar-refractivity contribution in [2.45, 2.75) is 6.18 Å². The minimum atomic E-state index is -4.83. The van der Waals surface area contributed by atoms with E-state index in [2.05, 4.69) is 5.32 Å². The molecule has 1 unspecified atom stereocenters. The van der Waals surface area contributed by atoms with E-state index in [4.69, 9.17) is 5.11 Å². The monoisotopic (exact) mass is 337 g/mol. The van der Waals surface area contributed by atoms with Crippen LogP contribution in [0.3, 0.4) is 0 Å². The molecule has 2 N–H and O–H groups in total. The Hall–Kier alpha value is -2.67. The van der Waals surface area contributed by atoms with Gasteiger partial charge in [0, 0.05) is 16.8 Å². The molecule has 1 atom stereocenters. The Labute approximate surface area is 135 Å². The Bertz CT molecular complexity index is 712. The minimum absolute atomic E-state index is 0.104. The molecule has 0 heterocycles. The molecule has 2 aromatic rings. The fourth-order valence-electron chi connectivity index (χ4n) is 2.03. The first-order valence-electron chi connectivity index (χ1n) is 7.01. The number of aliphatic hydroxyl groups is 1. The maximum Gasteiger partial charge on any atom is 0.402 e. The number of halogens is 3. The lowest BCUT2D eigenvalue weighted by atomic mass is 10.0. The predicted molar refractivity (Wildman–Crippen MR) is 81.6 cm³/mol. The molecule has 0 bridgehead atoms. The van der Waals surface area contributed by atoms with Crippen LogP contribution in [-0.4, -0.2) is 29.6 Å². The quantitative estimate of drug-likeness (QED) is 0.824. The molecular formula is C17H14F3NO3. The highest BCUT2D eigenvalue weighted by Gasteiger charge is 2.44. The Balaban J connectivity index is 2.10. The van der Waals surface area contributed by atoms with Crippen molar-refractivity contribution in [3.05, 3.63) is 65.7 Å². The predicted octanol–water partition coefficient (Wildman–Crippen LogP) is 3.03. The highest BCUT2D eigenvalue weighted by Crippen LogP contribution is 2.27. The van der Waals surface area contributed by atoms with E-state index in [1.54, 1.807) is 30.3 Å². The van der Waals surface area contributed by atoms with Crippen LogP contribution in [0.15, 0.2) is 54.6 Å². The molecule has 0 aliphatic rings. The van der Waals surface area contributed by atoms with E-state index in [-0.39, 0.29) is 11.5 Å². The lowest BCUT2D eigenvalue weighted by Gasteiger charge is -2.17. The van der Waals surface area contributed by atoms with Gasteiger partial charge >= 0.3 is 6.18 Å². The van der Waals surface area contributed by atoms with Gasteiger partial charge < -0.3 is 10.4 Å². The van der Waals surface area contributed by atoms with E-state index in [9.17, 15) is 22.8 Å². The number of rotatable bonds is 5. The van der Waals surface area contributed by atoms with Crippen LogP contribution in [0, 0.1) is 5.92 Å². The molecule has 0 aliphatic heterocycles. The number of aliphatic hydroxyl groups excluding tert-OH is 1. The Morgan fingerprint density at radius 1 is 0.958 bits per heavy atom. The van der Waals surface area contributed by atoms with Crippen molar-refractivity contribution in [2.75, 3.05) is 11.9 Å². The van der Waals surface area contributed by atoms with Crippen molar-refractivity contribution in [1.82, 2.24) is 0 Å². The summed E-state index contributed by atoms with van der Waals surface area (Å²) in [6.07, 6.45) is -4.83. The van der Waals surface area contributed by atoms with Gasteiger partial charge in [0.05, 0.1) is 6.61 Å². The van der Waals surface area contributed by atoms with Gasteiger partial charge in [-0.15, -0.1) is 0 Å². The molecule has 0 radical (unpaired) electrons. The molecule has 0 aliphatic carbocycles. The summed E-state index contributed by atoms with van der Waals surface area (Å²) < 4.78 is 37.7. The first kappa shape index (κ1) is 17.7. The maximum absolute atomic E-state index is 12.6. The summed E-state index contributed by atoms with van der Waals surface area (Å²) in [5.74, 6) is -4.09. The zero-order valence-corrected chi connectivity index (χ0v) is 12.4. The summed E-state index contributed by atoms with van der Waals surface area (Å²) in [6, 6.07) is 14.0. The first-order chi connectivity index (χ1) is 11.3. The van der Waals surface area contributed by atoms with Crippen molar-refractivity contribution in [1.29, 1.82) is 0 Å². The van der Waals surface area contributed by atoms with E-state index < -0.39 is 24.6 Å². The number of carbonyl (C=O) groups is 2. The number of hydrogen-bond donors (Lipinski definition) is 2. The summed E-state index contributed by atoms with van der Waals surface area (Å²) in [7, 11) is 0. The smallest absolute Gasteiger partial charge is 0.395 e. The SMILES string of the molecule is O=C(c1ccccc1)c1ccc(NC(=O)C(CO)C(F)(F)F)cc1. The lowest BCUT2D eigenvalue weighted by molar-refractivity contribution is -0.186. The van der Waals surface area contributed by atoms with Gasteiger partial charge in [-0.2, -0.15) is 13.2 Å². The number of benzene rings is 2. The number of anilines is 1. The molecule has 24 heavy (non-hydrogen) atoms. The van der Waals surface area contributed by atoms with Crippen LogP contribution >= 0.6 is 0 Å². The average molecular weight is 337 g/mol. The van der Waals surface area contributed by atoms with E-state index in [0.29, 0.717) is 11.1 Å². The summed E-state index contributed by atoms with van der Waals surface area (Å²) in [4.78, 5) is 23.8. The lowest BCUT2D eigenvalue weighted by Crippen LogP contribution is -2.37. The molecule has 0 fully saturated rings. The van der Waals surface area contributed by atoms with Crippen LogP contribution in [0.5, 0.6) is 0 Å². The van der Waals surface area contributed by atoms with Crippen molar-refractivity contribution in [3.8, 4) is 0 Å². The third-order valence-electron chi connectivity index (χ3n) is 3.34. The van der Waals surface area contributed by atoms with Crippen molar-refractivity contribution in [2.24, 2.45) is 5.92 Å². The zero-order chi connectivity index (χ0) is 17.7. The van der Waals surface area contributed by atoms with E-state index in [0.717, 1.165) is 0 Å². The molecule has 0 spiro atoms. The average Bonchev–Trinajstić information content (AvgIpc) is 2.55. The first-order valence-corrected chi connectivity index (χ1v) is 7.01. The summed E-state index contributed by atoms with van der Waals surface area (Å²) >= 11 is 0. The third-order valence-corrected chi connectivity index (χ3v) is 3.34. The van der Waals surface area contributed by atoms with Crippen LogP contribution in [-0.2, 0) is 4.79 Å². The molecule has 2 aromatic carbocycles. The summed E-state index contributed by atoms with van der Waals surface area (Å²) in [6.45, 7) is -1.33. The van der Waals surface area contributed by atoms with Gasteiger partial charge in [-0.05, 0) is 24.3 Å². The van der Waals surface area contributed by atoms with Crippen LogP contribution in [0.1, 0.15) is 15.9 Å². The number of ketones is 1. The Kier molecular flexibility index (Phi) is 5.35. The fourth-order valence-corrected chi connectivity index (χ4v) is 2.03. The van der Waals surface area contributed by atoms with Crippen LogP contribution in [0.25, 0.3) is 0 Å². The number of alkyl halides is 3. The Morgan fingerprint density at radius 2 is 1.50 bits per heavy atom. The van der Waals surface area contributed by atoms with Gasteiger partial charge in [0.2, 0.25) is 5.91 Å². The Morgan fingerprint density at radius 3 is 2.00 bits per heavy atom. The molecule has 0 aromatic heterocycles. The fraction of sp³-hybridized carbons (Fsp3) is 0.176. The normalized spacial score (nSPS) is 12.5. The molecule has 7 heteroatoms. The number of carbonyl (C=O) groups excluding carboxylic acids is 2. The van der Waals surface area contributed by atoms with Crippen LogP contribution in [0.2, 0.25) is 0 Å². The van der Waals surface area contributed by atoms with Gasteiger partial charge in [-0.25, -0.2) is 0 Å². The van der Waals surface area contributed by atoms with Gasteiger partial charge in [-0.1, -0.05) is 30.3 Å². The van der Waals surface area contributed by atoms with E-state index in [1.165, 1.54) is 24.3 Å². The largest absolute Gasteiger partial charge is 0.402 e. The minimum Gasteiger partial charge on any atom is -0.395 e. The maximum atomic E-state index is 12.6. The van der Waals surface area contributed by atoms with Gasteiger partial charge in [0.1, 0.15) is 0 Å².